The van der Waals surface area contributed by atoms with Gasteiger partial charge in [0, 0.05) is 0 Å². The summed E-state index contributed by atoms with van der Waals surface area (Å²) in [6.07, 6.45) is 0.496. The Bertz CT molecular complexity index is 332. The van der Waals surface area contributed by atoms with Gasteiger partial charge in [-0.2, -0.15) is 0 Å². The second-order valence-corrected chi connectivity index (χ2v) is 3.29. The summed E-state index contributed by atoms with van der Waals surface area (Å²) in [5, 5.41) is 7.17. The highest BCUT2D eigenvalue weighted by atomic mass is 16.1. The molecular weight excluding hydrogens is 176 g/mol. The van der Waals surface area contributed by atoms with Crippen LogP contribution in [0.25, 0.3) is 0 Å². The van der Waals surface area contributed by atoms with Crippen LogP contribution in [0.4, 0.5) is 0 Å². The fourth-order valence-corrected chi connectivity index (χ4v) is 1.24. The summed E-state index contributed by atoms with van der Waals surface area (Å²) in [6, 6.07) is 8.99. The monoisotopic (exact) mass is 190 g/mol. The molecule has 3 heteroatoms. The van der Waals surface area contributed by atoms with Crippen molar-refractivity contribution in [3.05, 3.63) is 35.9 Å². The molecule has 1 aromatic rings. The van der Waals surface area contributed by atoms with Gasteiger partial charge >= 0.3 is 0 Å². The highest BCUT2D eigenvalue weighted by Crippen LogP contribution is 2.02. The Kier molecular flexibility index (Phi) is 3.54. The van der Waals surface area contributed by atoms with Crippen LogP contribution in [-0.2, 0) is 11.2 Å². The van der Waals surface area contributed by atoms with Crippen LogP contribution in [0, 0.1) is 5.41 Å². The average molecular weight is 190 g/mol. The first-order valence-corrected chi connectivity index (χ1v) is 4.50. The standard InChI is InChI=1S/C11H14N2O/c1-8(12)11(14)10(13)7-9-5-3-2-4-6-9/h2-6,10,12H,7,13H2,1H3. The molecule has 0 radical (unpaired) electrons. The summed E-state index contributed by atoms with van der Waals surface area (Å²) in [5.41, 5.74) is 6.70. The molecule has 0 aromatic heterocycles. The zero-order chi connectivity index (χ0) is 10.6. The van der Waals surface area contributed by atoms with Crippen LogP contribution in [0.2, 0.25) is 0 Å². The summed E-state index contributed by atoms with van der Waals surface area (Å²) >= 11 is 0. The number of hydrogen-bond acceptors (Lipinski definition) is 3. The van der Waals surface area contributed by atoms with E-state index in [1.54, 1.807) is 0 Å². The first kappa shape index (κ1) is 10.6. The molecule has 3 nitrogen and oxygen atoms in total. The van der Waals surface area contributed by atoms with Gasteiger partial charge in [0.15, 0.2) is 5.78 Å². The van der Waals surface area contributed by atoms with E-state index >= 15 is 0 Å². The number of carbonyl (C=O) groups is 1. The van der Waals surface area contributed by atoms with Crippen LogP contribution in [0.5, 0.6) is 0 Å². The number of nitrogens with one attached hydrogen (secondary N) is 1. The van der Waals surface area contributed by atoms with Crippen molar-refractivity contribution in [2.24, 2.45) is 5.73 Å². The largest absolute Gasteiger partial charge is 0.321 e. The fraction of sp³-hybridized carbons (Fsp3) is 0.273. The molecule has 0 bridgehead atoms. The molecule has 0 aliphatic carbocycles. The Balaban J connectivity index is 2.62. The molecule has 0 saturated heterocycles. The molecular formula is C11H14N2O. The summed E-state index contributed by atoms with van der Waals surface area (Å²) in [4.78, 5) is 11.3. The van der Waals surface area contributed by atoms with Crippen molar-refractivity contribution in [1.29, 1.82) is 5.41 Å². The maximum absolute atomic E-state index is 11.3. The van der Waals surface area contributed by atoms with Gasteiger partial charge in [0.25, 0.3) is 0 Å². The van der Waals surface area contributed by atoms with Gasteiger partial charge in [-0.15, -0.1) is 0 Å². The van der Waals surface area contributed by atoms with E-state index in [-0.39, 0.29) is 11.5 Å². The molecule has 14 heavy (non-hydrogen) atoms. The summed E-state index contributed by atoms with van der Waals surface area (Å²) in [5.74, 6) is -0.283. The molecule has 1 aromatic carbocycles. The first-order chi connectivity index (χ1) is 6.61. The third kappa shape index (κ3) is 2.78. The van der Waals surface area contributed by atoms with Crippen LogP contribution >= 0.6 is 0 Å². The van der Waals surface area contributed by atoms with Crippen molar-refractivity contribution in [2.45, 2.75) is 19.4 Å². The SMILES string of the molecule is CC(=N)C(=O)C(N)Cc1ccccc1. The van der Waals surface area contributed by atoms with Crippen LogP contribution in [0.3, 0.4) is 0 Å². The van der Waals surface area contributed by atoms with Gasteiger partial charge in [-0.1, -0.05) is 30.3 Å². The molecule has 1 rings (SSSR count). The van der Waals surface area contributed by atoms with Crippen molar-refractivity contribution >= 4 is 11.5 Å². The number of benzene rings is 1. The molecule has 0 fully saturated rings. The minimum Gasteiger partial charge on any atom is -0.321 e. The topological polar surface area (TPSA) is 66.9 Å². The quantitative estimate of drug-likeness (QED) is 0.700. The summed E-state index contributed by atoms with van der Waals surface area (Å²) in [7, 11) is 0. The van der Waals surface area contributed by atoms with Crippen LogP contribution in [0.15, 0.2) is 30.3 Å². The molecule has 0 aliphatic rings. The van der Waals surface area contributed by atoms with E-state index in [2.05, 4.69) is 0 Å². The molecule has 74 valence electrons. The number of carbonyl (C=O) groups excluding carboxylic acids is 1. The second kappa shape index (κ2) is 4.67. The molecule has 0 saturated carbocycles. The van der Waals surface area contributed by atoms with Gasteiger partial charge in [0.2, 0.25) is 0 Å². The van der Waals surface area contributed by atoms with E-state index in [4.69, 9.17) is 11.1 Å². The van der Waals surface area contributed by atoms with Crippen molar-refractivity contribution in [2.75, 3.05) is 0 Å². The van der Waals surface area contributed by atoms with Gasteiger partial charge < -0.3 is 11.1 Å². The normalized spacial score (nSPS) is 12.1. The van der Waals surface area contributed by atoms with Gasteiger partial charge in [0.05, 0.1) is 11.8 Å². The van der Waals surface area contributed by atoms with Gasteiger partial charge in [-0.3, -0.25) is 4.79 Å². The number of ketones is 1. The molecule has 1 unspecified atom stereocenters. The number of rotatable bonds is 4. The van der Waals surface area contributed by atoms with Crippen LogP contribution < -0.4 is 5.73 Å². The average Bonchev–Trinajstić information content (AvgIpc) is 2.18. The first-order valence-electron chi connectivity index (χ1n) is 4.50. The third-order valence-corrected chi connectivity index (χ3v) is 2.00. The molecule has 0 spiro atoms. The lowest BCUT2D eigenvalue weighted by Crippen LogP contribution is -2.36. The van der Waals surface area contributed by atoms with Crippen LogP contribution in [-0.4, -0.2) is 17.5 Å². The minimum atomic E-state index is -0.588. The van der Waals surface area contributed by atoms with Gasteiger partial charge in [-0.05, 0) is 18.9 Å². The van der Waals surface area contributed by atoms with E-state index in [1.165, 1.54) is 6.92 Å². The number of nitrogens with two attached hydrogens (primary N) is 1. The maximum Gasteiger partial charge on any atom is 0.192 e. The smallest absolute Gasteiger partial charge is 0.192 e. The fourth-order valence-electron chi connectivity index (χ4n) is 1.24. The highest BCUT2D eigenvalue weighted by molar-refractivity contribution is 6.39. The lowest BCUT2D eigenvalue weighted by atomic mass is 10.0. The second-order valence-electron chi connectivity index (χ2n) is 3.29. The van der Waals surface area contributed by atoms with E-state index in [0.29, 0.717) is 6.42 Å². The Hall–Kier alpha value is -1.48. The summed E-state index contributed by atoms with van der Waals surface area (Å²) < 4.78 is 0. The predicted octanol–water partition coefficient (Wildman–Crippen LogP) is 1.17. The number of Topliss-reactive ketones (excluding diaryl/α,β-unsaturated/α-hetero) is 1. The summed E-state index contributed by atoms with van der Waals surface area (Å²) in [6.45, 7) is 1.47. The third-order valence-electron chi connectivity index (χ3n) is 2.00. The number of hydrogen-bond donors (Lipinski definition) is 2. The predicted molar refractivity (Wildman–Crippen MR) is 56.5 cm³/mol. The molecule has 0 heterocycles. The van der Waals surface area contributed by atoms with Crippen LogP contribution in [0.1, 0.15) is 12.5 Å². The highest BCUT2D eigenvalue weighted by Gasteiger charge is 2.15. The van der Waals surface area contributed by atoms with Gasteiger partial charge in [0.1, 0.15) is 0 Å². The van der Waals surface area contributed by atoms with Crippen molar-refractivity contribution in [3.63, 3.8) is 0 Å². The molecule has 1 atom stereocenters. The van der Waals surface area contributed by atoms with Gasteiger partial charge in [-0.25, -0.2) is 0 Å². The van der Waals surface area contributed by atoms with E-state index in [9.17, 15) is 4.79 Å². The van der Waals surface area contributed by atoms with Crippen molar-refractivity contribution in [3.8, 4) is 0 Å². The van der Waals surface area contributed by atoms with Crippen molar-refractivity contribution in [1.82, 2.24) is 0 Å². The Morgan fingerprint density at radius 2 is 2.00 bits per heavy atom. The molecule has 0 amide bonds. The van der Waals surface area contributed by atoms with E-state index < -0.39 is 6.04 Å². The minimum absolute atomic E-state index is 0.0217. The molecule has 0 aliphatic heterocycles. The van der Waals surface area contributed by atoms with E-state index in [0.717, 1.165) is 5.56 Å². The molecule has 3 N–H and O–H groups in total. The Morgan fingerprint density at radius 3 is 2.50 bits per heavy atom. The maximum atomic E-state index is 11.3. The Morgan fingerprint density at radius 1 is 1.43 bits per heavy atom. The van der Waals surface area contributed by atoms with E-state index in [1.807, 2.05) is 30.3 Å². The zero-order valence-corrected chi connectivity index (χ0v) is 8.16. The zero-order valence-electron chi connectivity index (χ0n) is 8.16. The Labute approximate surface area is 83.4 Å². The lowest BCUT2D eigenvalue weighted by molar-refractivity contribution is -0.114. The lowest BCUT2D eigenvalue weighted by Gasteiger charge is -2.08. The van der Waals surface area contributed by atoms with Crippen molar-refractivity contribution < 1.29 is 4.79 Å².